The van der Waals surface area contributed by atoms with Gasteiger partial charge < -0.3 is 9.84 Å². The molecule has 2 nitrogen and oxygen atoms in total. The van der Waals surface area contributed by atoms with Gasteiger partial charge in [-0.15, -0.1) is 0 Å². The first-order chi connectivity index (χ1) is 6.55. The maximum Gasteiger partial charge on any atom is 0.155 e. The highest BCUT2D eigenvalue weighted by Gasteiger charge is 2.52. The molecule has 1 rings (SSSR count). The summed E-state index contributed by atoms with van der Waals surface area (Å²) >= 11 is 0. The first-order valence-electron chi connectivity index (χ1n) is 5.53. The van der Waals surface area contributed by atoms with Crippen LogP contribution in [0.25, 0.3) is 0 Å². The van der Waals surface area contributed by atoms with Gasteiger partial charge in [-0.1, -0.05) is 41.5 Å². The van der Waals surface area contributed by atoms with E-state index < -0.39 is 24.5 Å². The topological polar surface area (TPSA) is 29.5 Å². The first-order valence-corrected chi connectivity index (χ1v) is 5.53. The molecule has 0 aromatic carbocycles. The molecule has 1 N–H and O–H groups in total. The number of hydrogen-bond donors (Lipinski definition) is 1. The van der Waals surface area contributed by atoms with Gasteiger partial charge in [0.1, 0.15) is 6.10 Å². The molecular weight excluding hydrogens is 195 g/mol. The lowest BCUT2D eigenvalue weighted by molar-refractivity contribution is -0.0802. The van der Waals surface area contributed by atoms with Crippen molar-refractivity contribution < 1.29 is 14.2 Å². The molecule has 1 aliphatic rings. The summed E-state index contributed by atoms with van der Waals surface area (Å²) in [5, 5.41) is 9.83. The highest BCUT2D eigenvalue weighted by Crippen LogP contribution is 2.41. The number of aliphatic hydroxyl groups excluding tert-OH is 1. The smallest absolute Gasteiger partial charge is 0.155 e. The van der Waals surface area contributed by atoms with E-state index >= 15 is 0 Å². The van der Waals surface area contributed by atoms with E-state index in [1.165, 1.54) is 0 Å². The zero-order valence-corrected chi connectivity index (χ0v) is 10.5. The Bertz CT molecular complexity index is 203. The third kappa shape index (κ3) is 2.51. The van der Waals surface area contributed by atoms with Gasteiger partial charge in [-0.2, -0.15) is 0 Å². The lowest BCUT2D eigenvalue weighted by Crippen LogP contribution is -2.38. The zero-order chi connectivity index (χ0) is 12.0. The number of hydrogen-bond acceptors (Lipinski definition) is 2. The number of halogens is 1. The predicted molar refractivity (Wildman–Crippen MR) is 58.5 cm³/mol. The molecule has 1 fully saturated rings. The van der Waals surface area contributed by atoms with E-state index in [0.29, 0.717) is 0 Å². The Morgan fingerprint density at radius 2 is 1.33 bits per heavy atom. The third-order valence-electron chi connectivity index (χ3n) is 2.93. The molecule has 0 saturated carbocycles. The second-order valence-electron chi connectivity index (χ2n) is 6.64. The van der Waals surface area contributed by atoms with Crippen LogP contribution in [0, 0.1) is 10.8 Å². The maximum absolute atomic E-state index is 13.9. The number of ether oxygens (including phenoxy) is 1. The van der Waals surface area contributed by atoms with Crippen molar-refractivity contribution in [2.24, 2.45) is 10.8 Å². The minimum absolute atomic E-state index is 0.232. The SMILES string of the molecule is CC(C)(C)C1OC(C(C)(C)C)C(F)C1O. The first kappa shape index (κ1) is 12.9. The quantitative estimate of drug-likeness (QED) is 0.677. The molecule has 0 aliphatic carbocycles. The van der Waals surface area contributed by atoms with Gasteiger partial charge in [-0.3, -0.25) is 0 Å². The lowest BCUT2D eigenvalue weighted by Gasteiger charge is -2.31. The van der Waals surface area contributed by atoms with Crippen LogP contribution in [0.4, 0.5) is 4.39 Å². The van der Waals surface area contributed by atoms with Crippen molar-refractivity contribution in [3.63, 3.8) is 0 Å². The van der Waals surface area contributed by atoms with Gasteiger partial charge in [0.2, 0.25) is 0 Å². The molecule has 1 heterocycles. The largest absolute Gasteiger partial charge is 0.387 e. The lowest BCUT2D eigenvalue weighted by atomic mass is 9.83. The van der Waals surface area contributed by atoms with Crippen LogP contribution in [0.3, 0.4) is 0 Å². The van der Waals surface area contributed by atoms with Crippen molar-refractivity contribution in [1.82, 2.24) is 0 Å². The van der Waals surface area contributed by atoms with Crippen LogP contribution in [-0.4, -0.2) is 29.6 Å². The maximum atomic E-state index is 13.9. The molecule has 15 heavy (non-hydrogen) atoms. The van der Waals surface area contributed by atoms with Crippen LogP contribution in [0.15, 0.2) is 0 Å². The van der Waals surface area contributed by atoms with Gasteiger partial charge in [0.15, 0.2) is 6.17 Å². The van der Waals surface area contributed by atoms with Crippen molar-refractivity contribution in [3.8, 4) is 0 Å². The summed E-state index contributed by atoms with van der Waals surface area (Å²) in [6.45, 7) is 11.7. The average Bonchev–Trinajstić information content (AvgIpc) is 2.26. The van der Waals surface area contributed by atoms with Gasteiger partial charge in [0, 0.05) is 0 Å². The average molecular weight is 218 g/mol. The molecule has 3 heteroatoms. The van der Waals surface area contributed by atoms with Crippen LogP contribution in [0.1, 0.15) is 41.5 Å². The van der Waals surface area contributed by atoms with Gasteiger partial charge in [-0.25, -0.2) is 4.39 Å². The Morgan fingerprint density at radius 3 is 1.53 bits per heavy atom. The van der Waals surface area contributed by atoms with E-state index in [1.807, 2.05) is 41.5 Å². The normalized spacial score (nSPS) is 38.4. The van der Waals surface area contributed by atoms with Crippen LogP contribution in [-0.2, 0) is 4.74 Å². The van der Waals surface area contributed by atoms with Gasteiger partial charge in [0.05, 0.1) is 12.2 Å². The van der Waals surface area contributed by atoms with Crippen LogP contribution < -0.4 is 0 Å². The standard InChI is InChI=1S/C12H23FO2/c1-11(2,3)9-7(13)8(14)10(15-9)12(4,5)6/h7-10,14H,1-6H3. The summed E-state index contributed by atoms with van der Waals surface area (Å²) in [5.74, 6) is 0. The predicted octanol–water partition coefficient (Wildman–Crippen LogP) is 2.55. The second-order valence-corrected chi connectivity index (χ2v) is 6.64. The minimum Gasteiger partial charge on any atom is -0.387 e. The van der Waals surface area contributed by atoms with Crippen molar-refractivity contribution >= 4 is 0 Å². The highest BCUT2D eigenvalue weighted by atomic mass is 19.1. The number of aliphatic hydroxyl groups is 1. The van der Waals surface area contributed by atoms with Crippen molar-refractivity contribution in [1.29, 1.82) is 0 Å². The molecule has 90 valence electrons. The molecular formula is C12H23FO2. The summed E-state index contributed by atoms with van der Waals surface area (Å²) in [7, 11) is 0. The van der Waals surface area contributed by atoms with E-state index in [-0.39, 0.29) is 10.8 Å². The number of rotatable bonds is 0. The van der Waals surface area contributed by atoms with E-state index in [4.69, 9.17) is 4.74 Å². The second kappa shape index (κ2) is 3.70. The molecule has 0 radical (unpaired) electrons. The molecule has 0 aromatic heterocycles. The summed E-state index contributed by atoms with van der Waals surface area (Å²) in [6, 6.07) is 0. The fourth-order valence-electron chi connectivity index (χ4n) is 2.06. The monoisotopic (exact) mass is 218 g/mol. The molecule has 0 bridgehead atoms. The van der Waals surface area contributed by atoms with Crippen LogP contribution in [0.5, 0.6) is 0 Å². The summed E-state index contributed by atoms with van der Waals surface area (Å²) in [6.07, 6.45) is -3.23. The summed E-state index contributed by atoms with van der Waals surface area (Å²) < 4.78 is 19.6. The fourth-order valence-corrected chi connectivity index (χ4v) is 2.06. The Kier molecular flexibility index (Phi) is 3.19. The minimum atomic E-state index is -1.28. The van der Waals surface area contributed by atoms with Crippen LogP contribution >= 0.6 is 0 Å². The Morgan fingerprint density at radius 1 is 0.933 bits per heavy atom. The molecule has 0 amide bonds. The Balaban J connectivity index is 2.86. The molecule has 4 atom stereocenters. The number of alkyl halides is 1. The summed E-state index contributed by atoms with van der Waals surface area (Å²) in [5.41, 5.74) is -0.510. The van der Waals surface area contributed by atoms with Gasteiger partial charge in [-0.05, 0) is 10.8 Å². The molecule has 1 aliphatic heterocycles. The Labute approximate surface area is 91.8 Å². The van der Waals surface area contributed by atoms with E-state index in [9.17, 15) is 9.50 Å². The Hall–Kier alpha value is -0.150. The fraction of sp³-hybridized carbons (Fsp3) is 1.00. The molecule has 4 unspecified atom stereocenters. The molecule has 1 saturated heterocycles. The zero-order valence-electron chi connectivity index (χ0n) is 10.5. The van der Waals surface area contributed by atoms with E-state index in [2.05, 4.69) is 0 Å². The van der Waals surface area contributed by atoms with Crippen LogP contribution in [0.2, 0.25) is 0 Å². The van der Waals surface area contributed by atoms with E-state index in [0.717, 1.165) is 0 Å². The van der Waals surface area contributed by atoms with Crippen molar-refractivity contribution in [2.45, 2.75) is 66.0 Å². The van der Waals surface area contributed by atoms with Crippen molar-refractivity contribution in [2.75, 3.05) is 0 Å². The highest BCUT2D eigenvalue weighted by molar-refractivity contribution is 4.99. The van der Waals surface area contributed by atoms with Gasteiger partial charge in [0.25, 0.3) is 0 Å². The van der Waals surface area contributed by atoms with Gasteiger partial charge >= 0.3 is 0 Å². The molecule has 0 spiro atoms. The molecule has 0 aromatic rings. The third-order valence-corrected chi connectivity index (χ3v) is 2.93. The van der Waals surface area contributed by atoms with E-state index in [1.54, 1.807) is 0 Å². The summed E-state index contributed by atoms with van der Waals surface area (Å²) in [4.78, 5) is 0. The van der Waals surface area contributed by atoms with Crippen molar-refractivity contribution in [3.05, 3.63) is 0 Å².